The van der Waals surface area contributed by atoms with Crippen LogP contribution in [0.4, 0.5) is 0 Å². The molecule has 1 fully saturated rings. The number of carbonyl (C=O) groups excluding carboxylic acids is 1. The summed E-state index contributed by atoms with van der Waals surface area (Å²) >= 11 is 0. The number of rotatable bonds is 5. The van der Waals surface area contributed by atoms with Crippen molar-refractivity contribution in [1.29, 1.82) is 0 Å². The van der Waals surface area contributed by atoms with Crippen LogP contribution in [0.3, 0.4) is 0 Å². The molecule has 104 valence electrons. The van der Waals surface area contributed by atoms with Gasteiger partial charge < -0.3 is 19.5 Å². The first kappa shape index (κ1) is 13.8. The number of para-hydroxylation sites is 1. The quantitative estimate of drug-likeness (QED) is 0.872. The summed E-state index contributed by atoms with van der Waals surface area (Å²) in [7, 11) is 0. The molecule has 1 saturated heterocycles. The number of amides is 1. The van der Waals surface area contributed by atoms with E-state index in [2.05, 4.69) is 5.32 Å². The van der Waals surface area contributed by atoms with Gasteiger partial charge in [0.2, 0.25) is 0 Å². The fourth-order valence-corrected chi connectivity index (χ4v) is 1.81. The highest BCUT2D eigenvalue weighted by molar-refractivity contribution is 5.77. The molecule has 1 amide bonds. The Balaban J connectivity index is 1.65. The second-order valence-electron chi connectivity index (χ2n) is 4.86. The second kappa shape index (κ2) is 6.04. The summed E-state index contributed by atoms with van der Waals surface area (Å²) < 4.78 is 16.3. The summed E-state index contributed by atoms with van der Waals surface area (Å²) in [6.45, 7) is 4.63. The lowest BCUT2D eigenvalue weighted by Crippen LogP contribution is -2.37. The summed E-state index contributed by atoms with van der Waals surface area (Å²) in [6, 6.07) is 9.23. The number of ether oxygens (including phenoxy) is 3. The summed E-state index contributed by atoms with van der Waals surface area (Å²) in [6.07, 6.45) is -0.101. The first-order valence-electron chi connectivity index (χ1n) is 6.31. The van der Waals surface area contributed by atoms with Crippen LogP contribution in [0.1, 0.15) is 13.8 Å². The highest BCUT2D eigenvalue weighted by Crippen LogP contribution is 2.21. The molecule has 0 bridgehead atoms. The maximum atomic E-state index is 11.6. The number of hydrogen-bond acceptors (Lipinski definition) is 4. The van der Waals surface area contributed by atoms with Gasteiger partial charge in [-0.15, -0.1) is 0 Å². The molecule has 1 atom stereocenters. The van der Waals surface area contributed by atoms with Crippen molar-refractivity contribution in [1.82, 2.24) is 5.32 Å². The summed E-state index contributed by atoms with van der Waals surface area (Å²) in [4.78, 5) is 11.6. The van der Waals surface area contributed by atoms with Gasteiger partial charge in [-0.3, -0.25) is 4.79 Å². The standard InChI is InChI=1S/C14H19NO4/c1-14(2)18-9-12(19-14)8-15-13(16)10-17-11-6-4-3-5-7-11/h3-7,12H,8-10H2,1-2H3,(H,15,16). The molecule has 1 aromatic rings. The highest BCUT2D eigenvalue weighted by Gasteiger charge is 2.32. The SMILES string of the molecule is CC1(C)OCC(CNC(=O)COc2ccccc2)O1. The number of hydrogen-bond donors (Lipinski definition) is 1. The minimum atomic E-state index is -0.560. The molecule has 0 spiro atoms. The van der Waals surface area contributed by atoms with Crippen molar-refractivity contribution in [2.45, 2.75) is 25.7 Å². The minimum absolute atomic E-state index is 0.000976. The first-order chi connectivity index (χ1) is 9.05. The first-order valence-corrected chi connectivity index (χ1v) is 6.31. The van der Waals surface area contributed by atoms with Gasteiger partial charge in [0.05, 0.1) is 6.61 Å². The average Bonchev–Trinajstić information content (AvgIpc) is 2.75. The molecule has 1 aliphatic heterocycles. The molecule has 1 aliphatic rings. The van der Waals surface area contributed by atoms with Crippen LogP contribution in [0.15, 0.2) is 30.3 Å². The van der Waals surface area contributed by atoms with Gasteiger partial charge >= 0.3 is 0 Å². The Bertz CT molecular complexity index is 419. The molecule has 5 heteroatoms. The Labute approximate surface area is 112 Å². The van der Waals surface area contributed by atoms with Gasteiger partial charge in [-0.25, -0.2) is 0 Å². The Kier molecular flexibility index (Phi) is 4.39. The van der Waals surface area contributed by atoms with Crippen molar-refractivity contribution in [2.75, 3.05) is 19.8 Å². The minimum Gasteiger partial charge on any atom is -0.484 e. The van der Waals surface area contributed by atoms with Crippen LogP contribution in [-0.4, -0.2) is 37.6 Å². The van der Waals surface area contributed by atoms with Gasteiger partial charge in [0, 0.05) is 6.54 Å². The van der Waals surface area contributed by atoms with E-state index in [1.165, 1.54) is 0 Å². The molecular weight excluding hydrogens is 246 g/mol. The van der Waals surface area contributed by atoms with E-state index in [9.17, 15) is 4.79 Å². The molecular formula is C14H19NO4. The summed E-state index contributed by atoms with van der Waals surface area (Å²) in [5.74, 6) is -0.0490. The zero-order valence-corrected chi connectivity index (χ0v) is 11.2. The third-order valence-corrected chi connectivity index (χ3v) is 2.71. The van der Waals surface area contributed by atoms with Crippen LogP contribution in [0, 0.1) is 0 Å². The van der Waals surface area contributed by atoms with Crippen LogP contribution in [-0.2, 0) is 14.3 Å². The number of carbonyl (C=O) groups is 1. The van der Waals surface area contributed by atoms with E-state index in [-0.39, 0.29) is 18.6 Å². The van der Waals surface area contributed by atoms with Crippen LogP contribution >= 0.6 is 0 Å². The van der Waals surface area contributed by atoms with Crippen molar-refractivity contribution >= 4 is 5.91 Å². The largest absolute Gasteiger partial charge is 0.484 e. The summed E-state index contributed by atoms with van der Waals surface area (Å²) in [5.41, 5.74) is 0. The maximum absolute atomic E-state index is 11.6. The average molecular weight is 265 g/mol. The van der Waals surface area contributed by atoms with Gasteiger partial charge in [0.25, 0.3) is 5.91 Å². The van der Waals surface area contributed by atoms with E-state index < -0.39 is 5.79 Å². The molecule has 1 heterocycles. The van der Waals surface area contributed by atoms with Crippen molar-refractivity contribution in [3.05, 3.63) is 30.3 Å². The van der Waals surface area contributed by atoms with E-state index in [0.29, 0.717) is 18.9 Å². The molecule has 0 aromatic heterocycles. The second-order valence-corrected chi connectivity index (χ2v) is 4.86. The van der Waals surface area contributed by atoms with Crippen LogP contribution in [0.25, 0.3) is 0 Å². The van der Waals surface area contributed by atoms with E-state index >= 15 is 0 Å². The van der Waals surface area contributed by atoms with Gasteiger partial charge in [0.15, 0.2) is 12.4 Å². The van der Waals surface area contributed by atoms with E-state index in [4.69, 9.17) is 14.2 Å². The maximum Gasteiger partial charge on any atom is 0.258 e. The molecule has 1 unspecified atom stereocenters. The zero-order valence-electron chi connectivity index (χ0n) is 11.2. The number of benzene rings is 1. The Morgan fingerprint density at radius 1 is 1.42 bits per heavy atom. The Morgan fingerprint density at radius 3 is 2.79 bits per heavy atom. The van der Waals surface area contributed by atoms with E-state index in [0.717, 1.165) is 0 Å². The molecule has 19 heavy (non-hydrogen) atoms. The van der Waals surface area contributed by atoms with E-state index in [1.54, 1.807) is 0 Å². The van der Waals surface area contributed by atoms with Crippen molar-refractivity contribution < 1.29 is 19.0 Å². The van der Waals surface area contributed by atoms with Crippen LogP contribution in [0.2, 0.25) is 0 Å². The van der Waals surface area contributed by atoms with Crippen molar-refractivity contribution in [3.8, 4) is 5.75 Å². The van der Waals surface area contributed by atoms with Crippen molar-refractivity contribution in [2.24, 2.45) is 0 Å². The predicted octanol–water partition coefficient (Wildman–Crippen LogP) is 1.33. The number of nitrogens with one attached hydrogen (secondary N) is 1. The smallest absolute Gasteiger partial charge is 0.258 e. The topological polar surface area (TPSA) is 56.8 Å². The molecule has 2 rings (SSSR count). The van der Waals surface area contributed by atoms with E-state index in [1.807, 2.05) is 44.2 Å². The third-order valence-electron chi connectivity index (χ3n) is 2.71. The molecule has 1 N–H and O–H groups in total. The monoisotopic (exact) mass is 265 g/mol. The molecule has 1 aromatic carbocycles. The molecule has 0 radical (unpaired) electrons. The predicted molar refractivity (Wildman–Crippen MR) is 69.9 cm³/mol. The molecule has 0 saturated carbocycles. The summed E-state index contributed by atoms with van der Waals surface area (Å²) in [5, 5.41) is 2.76. The van der Waals surface area contributed by atoms with Crippen LogP contribution in [0.5, 0.6) is 5.75 Å². The fraction of sp³-hybridized carbons (Fsp3) is 0.500. The highest BCUT2D eigenvalue weighted by atomic mass is 16.7. The fourth-order valence-electron chi connectivity index (χ4n) is 1.81. The van der Waals surface area contributed by atoms with Gasteiger partial charge in [-0.1, -0.05) is 18.2 Å². The molecule has 5 nitrogen and oxygen atoms in total. The zero-order chi connectivity index (χ0) is 13.7. The Morgan fingerprint density at radius 2 is 2.16 bits per heavy atom. The van der Waals surface area contributed by atoms with Gasteiger partial charge in [0.1, 0.15) is 11.9 Å². The van der Waals surface area contributed by atoms with Gasteiger partial charge in [-0.05, 0) is 26.0 Å². The van der Waals surface area contributed by atoms with Crippen molar-refractivity contribution in [3.63, 3.8) is 0 Å². The lowest BCUT2D eigenvalue weighted by molar-refractivity contribution is -0.139. The molecule has 0 aliphatic carbocycles. The lowest BCUT2D eigenvalue weighted by atomic mass is 10.3. The Hall–Kier alpha value is -1.59. The third kappa shape index (κ3) is 4.54. The van der Waals surface area contributed by atoms with Gasteiger partial charge in [-0.2, -0.15) is 0 Å². The normalized spacial score (nSPS) is 21.1. The van der Waals surface area contributed by atoms with Crippen LogP contribution < -0.4 is 10.1 Å². The lowest BCUT2D eigenvalue weighted by Gasteiger charge is -2.17.